The van der Waals surface area contributed by atoms with E-state index in [9.17, 15) is 5.11 Å². The van der Waals surface area contributed by atoms with Gasteiger partial charge in [-0.1, -0.05) is 17.7 Å². The number of hydrogen-bond donors (Lipinski definition) is 1. The Morgan fingerprint density at radius 2 is 2.13 bits per heavy atom. The highest BCUT2D eigenvalue weighted by molar-refractivity contribution is 5.48. The molecule has 1 heterocycles. The Balaban J connectivity index is 2.16. The summed E-state index contributed by atoms with van der Waals surface area (Å²) >= 11 is 0. The number of benzene rings is 1. The van der Waals surface area contributed by atoms with Crippen molar-refractivity contribution in [3.63, 3.8) is 0 Å². The first-order chi connectivity index (χ1) is 7.31. The van der Waals surface area contributed by atoms with Crippen molar-refractivity contribution >= 4 is 5.69 Å². The molecule has 15 heavy (non-hydrogen) atoms. The van der Waals surface area contributed by atoms with Gasteiger partial charge >= 0.3 is 0 Å². The topological polar surface area (TPSA) is 32.7 Å². The fourth-order valence-corrected chi connectivity index (χ4v) is 1.88. The summed E-state index contributed by atoms with van der Waals surface area (Å²) in [5.41, 5.74) is 2.43. The van der Waals surface area contributed by atoms with Crippen molar-refractivity contribution < 1.29 is 9.84 Å². The van der Waals surface area contributed by atoms with E-state index in [4.69, 9.17) is 4.74 Å². The maximum atomic E-state index is 9.26. The van der Waals surface area contributed by atoms with Gasteiger partial charge in [0.25, 0.3) is 0 Å². The normalized spacial score (nSPS) is 21.7. The summed E-state index contributed by atoms with van der Waals surface area (Å²) in [4.78, 5) is 2.21. The molecular weight excluding hydrogens is 190 g/mol. The first-order valence-corrected chi connectivity index (χ1v) is 5.33. The second kappa shape index (κ2) is 4.64. The molecule has 0 unspecified atom stereocenters. The van der Waals surface area contributed by atoms with Crippen molar-refractivity contribution in [2.75, 3.05) is 31.3 Å². The summed E-state index contributed by atoms with van der Waals surface area (Å²) in [5.74, 6) is 0. The summed E-state index contributed by atoms with van der Waals surface area (Å²) in [6.45, 7) is 4.43. The van der Waals surface area contributed by atoms with Gasteiger partial charge in [-0.15, -0.1) is 0 Å². The maximum absolute atomic E-state index is 9.26. The Morgan fingerprint density at radius 1 is 1.40 bits per heavy atom. The van der Waals surface area contributed by atoms with Crippen molar-refractivity contribution in [2.45, 2.75) is 13.0 Å². The van der Waals surface area contributed by atoms with Gasteiger partial charge in [0.15, 0.2) is 0 Å². The summed E-state index contributed by atoms with van der Waals surface area (Å²) in [7, 11) is 0. The number of aliphatic hydroxyl groups excluding tert-OH is 1. The monoisotopic (exact) mass is 207 g/mol. The summed E-state index contributed by atoms with van der Waals surface area (Å²) in [6, 6.07) is 8.49. The Morgan fingerprint density at radius 3 is 2.80 bits per heavy atom. The number of ether oxygens (including phenoxy) is 1. The standard InChI is InChI=1S/C12H17NO2/c1-10-2-4-11(5-3-10)13-6-7-15-9-12(13)8-14/h2-5,12,14H,6-9H2,1H3/t12-/m1/s1. The molecule has 0 radical (unpaired) electrons. The van der Waals surface area contributed by atoms with Gasteiger partial charge in [-0.05, 0) is 19.1 Å². The van der Waals surface area contributed by atoms with Crippen molar-refractivity contribution in [1.82, 2.24) is 0 Å². The van der Waals surface area contributed by atoms with Crippen LogP contribution >= 0.6 is 0 Å². The van der Waals surface area contributed by atoms with Crippen molar-refractivity contribution in [3.05, 3.63) is 29.8 Å². The molecule has 1 fully saturated rings. The Hall–Kier alpha value is -1.06. The fourth-order valence-electron chi connectivity index (χ4n) is 1.88. The largest absolute Gasteiger partial charge is 0.394 e. The van der Waals surface area contributed by atoms with Crippen molar-refractivity contribution in [2.24, 2.45) is 0 Å². The third-order valence-electron chi connectivity index (χ3n) is 2.80. The van der Waals surface area contributed by atoms with Crippen LogP contribution in [0, 0.1) is 6.92 Å². The molecule has 1 aromatic carbocycles. The van der Waals surface area contributed by atoms with E-state index in [1.807, 2.05) is 0 Å². The highest BCUT2D eigenvalue weighted by atomic mass is 16.5. The van der Waals surface area contributed by atoms with E-state index in [0.29, 0.717) is 6.61 Å². The third-order valence-corrected chi connectivity index (χ3v) is 2.80. The maximum Gasteiger partial charge on any atom is 0.0755 e. The van der Waals surface area contributed by atoms with Gasteiger partial charge in [-0.3, -0.25) is 0 Å². The van der Waals surface area contributed by atoms with E-state index in [1.165, 1.54) is 11.3 Å². The highest BCUT2D eigenvalue weighted by Gasteiger charge is 2.22. The molecule has 1 aromatic rings. The van der Waals surface area contributed by atoms with Gasteiger partial charge in [0.1, 0.15) is 0 Å². The summed E-state index contributed by atoms with van der Waals surface area (Å²) in [5, 5.41) is 9.26. The van der Waals surface area contributed by atoms with Crippen LogP contribution in [0.4, 0.5) is 5.69 Å². The van der Waals surface area contributed by atoms with Crippen LogP contribution in [0.3, 0.4) is 0 Å². The number of hydrogen-bond acceptors (Lipinski definition) is 3. The molecule has 0 saturated carbocycles. The lowest BCUT2D eigenvalue weighted by molar-refractivity contribution is 0.0727. The molecule has 1 aliphatic rings. The summed E-state index contributed by atoms with van der Waals surface area (Å²) in [6.07, 6.45) is 0. The van der Waals surface area contributed by atoms with Crippen molar-refractivity contribution in [3.8, 4) is 0 Å². The van der Waals surface area contributed by atoms with Crippen LogP contribution in [0.2, 0.25) is 0 Å². The zero-order valence-corrected chi connectivity index (χ0v) is 9.02. The molecule has 1 aliphatic heterocycles. The van der Waals surface area contributed by atoms with Gasteiger partial charge in [0.2, 0.25) is 0 Å². The number of aryl methyl sites for hydroxylation is 1. The lowest BCUT2D eigenvalue weighted by Crippen LogP contribution is -2.47. The third kappa shape index (κ3) is 2.30. The van der Waals surface area contributed by atoms with Gasteiger partial charge in [-0.2, -0.15) is 0 Å². The molecule has 3 heteroatoms. The Bertz CT molecular complexity index is 310. The average molecular weight is 207 g/mol. The van der Waals surface area contributed by atoms with E-state index in [0.717, 1.165) is 13.2 Å². The minimum Gasteiger partial charge on any atom is -0.394 e. The molecule has 0 aromatic heterocycles. The second-order valence-corrected chi connectivity index (χ2v) is 3.94. The lowest BCUT2D eigenvalue weighted by atomic mass is 10.1. The van der Waals surface area contributed by atoms with E-state index in [-0.39, 0.29) is 12.6 Å². The van der Waals surface area contributed by atoms with Crippen LogP contribution in [0.1, 0.15) is 5.56 Å². The molecule has 0 bridgehead atoms. The Kier molecular flexibility index (Phi) is 3.23. The van der Waals surface area contributed by atoms with Crippen LogP contribution in [0.15, 0.2) is 24.3 Å². The smallest absolute Gasteiger partial charge is 0.0755 e. The lowest BCUT2D eigenvalue weighted by Gasteiger charge is -2.36. The van der Waals surface area contributed by atoms with Crippen molar-refractivity contribution in [1.29, 1.82) is 0 Å². The number of aliphatic hydroxyl groups is 1. The first kappa shape index (κ1) is 10.5. The minimum absolute atomic E-state index is 0.0986. The zero-order chi connectivity index (χ0) is 10.7. The SMILES string of the molecule is Cc1ccc(N2CCOC[C@H]2CO)cc1. The number of nitrogens with zero attached hydrogens (tertiary/aromatic N) is 1. The number of morpholine rings is 1. The van der Waals surface area contributed by atoms with Crippen LogP contribution in [-0.4, -0.2) is 37.5 Å². The van der Waals surface area contributed by atoms with Crippen LogP contribution < -0.4 is 4.90 Å². The van der Waals surface area contributed by atoms with Crippen LogP contribution in [0.25, 0.3) is 0 Å². The van der Waals surface area contributed by atoms with E-state index < -0.39 is 0 Å². The molecule has 3 nitrogen and oxygen atoms in total. The first-order valence-electron chi connectivity index (χ1n) is 5.33. The predicted octanol–water partition coefficient (Wildman–Crippen LogP) is 1.19. The second-order valence-electron chi connectivity index (χ2n) is 3.94. The molecule has 82 valence electrons. The van der Waals surface area contributed by atoms with E-state index in [2.05, 4.69) is 36.1 Å². The zero-order valence-electron chi connectivity index (χ0n) is 9.02. The molecule has 0 amide bonds. The molecule has 0 spiro atoms. The average Bonchev–Trinajstić information content (AvgIpc) is 2.30. The fraction of sp³-hybridized carbons (Fsp3) is 0.500. The highest BCUT2D eigenvalue weighted by Crippen LogP contribution is 2.19. The van der Waals surface area contributed by atoms with Gasteiger partial charge in [0.05, 0.1) is 25.9 Å². The van der Waals surface area contributed by atoms with Crippen LogP contribution in [-0.2, 0) is 4.74 Å². The molecular formula is C12H17NO2. The predicted molar refractivity (Wildman–Crippen MR) is 60.2 cm³/mol. The quantitative estimate of drug-likeness (QED) is 0.790. The summed E-state index contributed by atoms with van der Waals surface area (Å²) < 4.78 is 5.35. The number of rotatable bonds is 2. The molecule has 1 saturated heterocycles. The van der Waals surface area contributed by atoms with E-state index >= 15 is 0 Å². The van der Waals surface area contributed by atoms with Crippen LogP contribution in [0.5, 0.6) is 0 Å². The van der Waals surface area contributed by atoms with Gasteiger partial charge < -0.3 is 14.7 Å². The molecule has 1 N–H and O–H groups in total. The molecule has 1 atom stereocenters. The Labute approximate surface area is 90.3 Å². The number of anilines is 1. The molecule has 0 aliphatic carbocycles. The van der Waals surface area contributed by atoms with Gasteiger partial charge in [0, 0.05) is 12.2 Å². The van der Waals surface area contributed by atoms with E-state index in [1.54, 1.807) is 0 Å². The minimum atomic E-state index is 0.0986. The van der Waals surface area contributed by atoms with Gasteiger partial charge in [-0.25, -0.2) is 0 Å². The molecule has 2 rings (SSSR count).